The summed E-state index contributed by atoms with van der Waals surface area (Å²) in [5.41, 5.74) is 4.40. The van der Waals surface area contributed by atoms with Crippen LogP contribution < -0.4 is 10.1 Å². The summed E-state index contributed by atoms with van der Waals surface area (Å²) in [6, 6.07) is 12.2. The van der Waals surface area contributed by atoms with E-state index in [9.17, 15) is 4.79 Å². The Labute approximate surface area is 165 Å². The van der Waals surface area contributed by atoms with E-state index in [4.69, 9.17) is 4.74 Å². The van der Waals surface area contributed by atoms with E-state index in [0.717, 1.165) is 21.5 Å². The van der Waals surface area contributed by atoms with Crippen molar-refractivity contribution in [2.75, 3.05) is 11.9 Å². The molecule has 2 aromatic carbocycles. The molecule has 0 saturated heterocycles. The molecular formula is C22H28BrNO2. The van der Waals surface area contributed by atoms with Crippen molar-refractivity contribution < 1.29 is 9.53 Å². The Kier molecular flexibility index (Phi) is 6.87. The number of benzene rings is 2. The molecule has 1 N–H and O–H groups in total. The quantitative estimate of drug-likeness (QED) is 0.571. The van der Waals surface area contributed by atoms with Crippen molar-refractivity contribution in [1.29, 1.82) is 0 Å². The van der Waals surface area contributed by atoms with Crippen molar-refractivity contribution >= 4 is 27.5 Å². The number of rotatable bonds is 6. The highest BCUT2D eigenvalue weighted by Gasteiger charge is 2.15. The van der Waals surface area contributed by atoms with E-state index in [2.05, 4.69) is 66.3 Å². The summed E-state index contributed by atoms with van der Waals surface area (Å²) in [5.74, 6) is 0.893. The van der Waals surface area contributed by atoms with Gasteiger partial charge in [0.25, 0.3) is 0 Å². The summed E-state index contributed by atoms with van der Waals surface area (Å²) in [5, 5.41) is 2.97. The highest BCUT2D eigenvalue weighted by molar-refractivity contribution is 9.10. The fourth-order valence-corrected chi connectivity index (χ4v) is 3.05. The molecule has 140 valence electrons. The predicted octanol–water partition coefficient (Wildman–Crippen LogP) is 6.16. The Balaban J connectivity index is 1.83. The van der Waals surface area contributed by atoms with Gasteiger partial charge < -0.3 is 10.1 Å². The van der Waals surface area contributed by atoms with Crippen molar-refractivity contribution in [3.8, 4) is 5.75 Å². The van der Waals surface area contributed by atoms with Crippen LogP contribution in [-0.2, 0) is 10.2 Å². The van der Waals surface area contributed by atoms with Crippen LogP contribution in [0.2, 0.25) is 0 Å². The fourth-order valence-electron chi connectivity index (χ4n) is 2.57. The number of carbonyl (C=O) groups excluding carboxylic acids is 1. The monoisotopic (exact) mass is 417 g/mol. The Morgan fingerprint density at radius 1 is 1.12 bits per heavy atom. The molecule has 1 amide bonds. The minimum absolute atomic E-state index is 0.00114. The maximum absolute atomic E-state index is 12.2. The van der Waals surface area contributed by atoms with Crippen molar-refractivity contribution in [2.24, 2.45) is 0 Å². The molecule has 0 fully saturated rings. The van der Waals surface area contributed by atoms with Gasteiger partial charge in [-0.2, -0.15) is 0 Å². The number of hydrogen-bond donors (Lipinski definition) is 1. The third kappa shape index (κ3) is 5.87. The van der Waals surface area contributed by atoms with Crippen molar-refractivity contribution in [1.82, 2.24) is 0 Å². The predicted molar refractivity (Wildman–Crippen MR) is 112 cm³/mol. The van der Waals surface area contributed by atoms with E-state index in [1.807, 2.05) is 26.0 Å². The van der Waals surface area contributed by atoms with Gasteiger partial charge >= 0.3 is 0 Å². The summed E-state index contributed by atoms with van der Waals surface area (Å²) < 4.78 is 6.71. The average Bonchev–Trinajstić information content (AvgIpc) is 2.55. The van der Waals surface area contributed by atoms with E-state index in [1.165, 1.54) is 11.1 Å². The standard InChI is InChI=1S/C22H28BrNO2/c1-15-8-9-16(2)20(13-15)26-12-6-7-21(25)24-19-11-10-17(14-18(19)23)22(3,4)5/h8-11,13-14H,6-7,12H2,1-5H3,(H,24,25). The number of amides is 1. The number of nitrogens with one attached hydrogen (secondary N) is 1. The number of anilines is 1. The van der Waals surface area contributed by atoms with E-state index in [-0.39, 0.29) is 11.3 Å². The van der Waals surface area contributed by atoms with Crippen LogP contribution >= 0.6 is 15.9 Å². The first-order valence-corrected chi connectivity index (χ1v) is 9.76. The number of aryl methyl sites for hydroxylation is 2. The number of halogens is 1. The van der Waals surface area contributed by atoms with Crippen molar-refractivity contribution in [3.05, 3.63) is 57.6 Å². The zero-order valence-electron chi connectivity index (χ0n) is 16.3. The summed E-state index contributed by atoms with van der Waals surface area (Å²) in [6.07, 6.45) is 1.11. The van der Waals surface area contributed by atoms with E-state index in [0.29, 0.717) is 19.4 Å². The van der Waals surface area contributed by atoms with Gasteiger partial charge in [0, 0.05) is 10.9 Å². The van der Waals surface area contributed by atoms with Crippen LogP contribution in [0.25, 0.3) is 0 Å². The summed E-state index contributed by atoms with van der Waals surface area (Å²) in [7, 11) is 0. The third-order valence-electron chi connectivity index (χ3n) is 4.26. The largest absolute Gasteiger partial charge is 0.493 e. The topological polar surface area (TPSA) is 38.3 Å². The molecule has 26 heavy (non-hydrogen) atoms. The lowest BCUT2D eigenvalue weighted by atomic mass is 9.87. The maximum atomic E-state index is 12.2. The highest BCUT2D eigenvalue weighted by Crippen LogP contribution is 2.30. The molecule has 0 unspecified atom stereocenters. The van der Waals surface area contributed by atoms with Crippen LogP contribution in [0.5, 0.6) is 5.75 Å². The average molecular weight is 418 g/mol. The zero-order chi connectivity index (χ0) is 19.3. The molecule has 3 nitrogen and oxygen atoms in total. The number of carbonyl (C=O) groups is 1. The van der Waals surface area contributed by atoms with Gasteiger partial charge in [-0.1, -0.05) is 39.0 Å². The van der Waals surface area contributed by atoms with Crippen LogP contribution in [0.1, 0.15) is 50.3 Å². The summed E-state index contributed by atoms with van der Waals surface area (Å²) in [4.78, 5) is 12.2. The van der Waals surface area contributed by atoms with Gasteiger partial charge in [0.05, 0.1) is 12.3 Å². The minimum Gasteiger partial charge on any atom is -0.493 e. The molecule has 0 spiro atoms. The lowest BCUT2D eigenvalue weighted by Crippen LogP contribution is -2.15. The van der Waals surface area contributed by atoms with Crippen LogP contribution in [0.15, 0.2) is 40.9 Å². The van der Waals surface area contributed by atoms with Crippen LogP contribution in [-0.4, -0.2) is 12.5 Å². The molecule has 0 aromatic heterocycles. The van der Waals surface area contributed by atoms with Crippen molar-refractivity contribution in [3.63, 3.8) is 0 Å². The first-order chi connectivity index (χ1) is 12.2. The van der Waals surface area contributed by atoms with Gasteiger partial charge in [0.15, 0.2) is 0 Å². The molecule has 4 heteroatoms. The van der Waals surface area contributed by atoms with E-state index < -0.39 is 0 Å². The lowest BCUT2D eigenvalue weighted by molar-refractivity contribution is -0.116. The zero-order valence-corrected chi connectivity index (χ0v) is 17.9. The Morgan fingerprint density at radius 3 is 2.50 bits per heavy atom. The molecule has 0 aliphatic carbocycles. The normalized spacial score (nSPS) is 11.3. The minimum atomic E-state index is -0.00114. The second-order valence-electron chi connectivity index (χ2n) is 7.71. The van der Waals surface area contributed by atoms with Crippen molar-refractivity contribution in [2.45, 2.75) is 52.9 Å². The van der Waals surface area contributed by atoms with Gasteiger partial charge in [-0.05, 0) is 76.5 Å². The molecule has 0 atom stereocenters. The maximum Gasteiger partial charge on any atom is 0.224 e. The number of ether oxygens (including phenoxy) is 1. The third-order valence-corrected chi connectivity index (χ3v) is 4.91. The molecular weight excluding hydrogens is 390 g/mol. The Bertz CT molecular complexity index is 778. The first kappa shape index (κ1) is 20.5. The molecule has 0 heterocycles. The second kappa shape index (κ2) is 8.72. The molecule has 0 saturated carbocycles. The highest BCUT2D eigenvalue weighted by atomic mass is 79.9. The molecule has 0 aliphatic heterocycles. The summed E-state index contributed by atoms with van der Waals surface area (Å²) >= 11 is 3.56. The van der Waals surface area contributed by atoms with Crippen LogP contribution in [0.4, 0.5) is 5.69 Å². The first-order valence-electron chi connectivity index (χ1n) is 8.97. The smallest absolute Gasteiger partial charge is 0.224 e. The molecule has 0 aliphatic rings. The van der Waals surface area contributed by atoms with Crippen LogP contribution in [0.3, 0.4) is 0 Å². The van der Waals surface area contributed by atoms with Gasteiger partial charge in [0.1, 0.15) is 5.75 Å². The lowest BCUT2D eigenvalue weighted by Gasteiger charge is -2.20. The fraction of sp³-hybridized carbons (Fsp3) is 0.409. The molecule has 0 radical (unpaired) electrons. The SMILES string of the molecule is Cc1ccc(C)c(OCCCC(=O)Nc2ccc(C(C)(C)C)cc2Br)c1. The van der Waals surface area contributed by atoms with Gasteiger partial charge in [0.2, 0.25) is 5.91 Å². The van der Waals surface area contributed by atoms with E-state index >= 15 is 0 Å². The summed E-state index contributed by atoms with van der Waals surface area (Å²) in [6.45, 7) is 11.1. The van der Waals surface area contributed by atoms with Crippen LogP contribution in [0, 0.1) is 13.8 Å². The Morgan fingerprint density at radius 2 is 1.85 bits per heavy atom. The molecule has 0 bridgehead atoms. The Hall–Kier alpha value is -1.81. The van der Waals surface area contributed by atoms with E-state index in [1.54, 1.807) is 0 Å². The molecule has 2 aromatic rings. The van der Waals surface area contributed by atoms with Gasteiger partial charge in [-0.15, -0.1) is 0 Å². The molecule has 2 rings (SSSR count). The van der Waals surface area contributed by atoms with Gasteiger partial charge in [-0.3, -0.25) is 4.79 Å². The number of hydrogen-bond acceptors (Lipinski definition) is 2. The second-order valence-corrected chi connectivity index (χ2v) is 8.57. The van der Waals surface area contributed by atoms with Gasteiger partial charge in [-0.25, -0.2) is 0 Å².